The van der Waals surface area contributed by atoms with Crippen LogP contribution >= 0.6 is 0 Å². The van der Waals surface area contributed by atoms with Crippen molar-refractivity contribution in [2.45, 2.75) is 63.9 Å². The molecular formula is C22H28N6O3. The van der Waals surface area contributed by atoms with Gasteiger partial charge in [-0.2, -0.15) is 0 Å². The SMILES string of the molecule is O=C1N[C@H]2OCCC[C@H]2[C@H](c2ccc(C(=O)NCc3nnc4n3CCCCC4)cc2)N1. The lowest BCUT2D eigenvalue weighted by Gasteiger charge is -2.41. The Labute approximate surface area is 180 Å². The molecule has 0 radical (unpaired) electrons. The van der Waals surface area contributed by atoms with Gasteiger partial charge >= 0.3 is 6.03 Å². The van der Waals surface area contributed by atoms with Gasteiger partial charge in [0, 0.05) is 31.1 Å². The van der Waals surface area contributed by atoms with E-state index in [0.717, 1.165) is 55.9 Å². The molecule has 5 rings (SSSR count). The Morgan fingerprint density at radius 2 is 2.00 bits per heavy atom. The number of hydrogen-bond acceptors (Lipinski definition) is 5. The zero-order chi connectivity index (χ0) is 21.2. The van der Waals surface area contributed by atoms with Crippen LogP contribution in [-0.4, -0.2) is 39.5 Å². The Kier molecular flexibility index (Phi) is 5.59. The number of carbonyl (C=O) groups excluding carboxylic acids is 2. The molecule has 0 aliphatic carbocycles. The molecule has 0 spiro atoms. The number of ether oxygens (including phenoxy) is 1. The van der Waals surface area contributed by atoms with Crippen LogP contribution in [0.15, 0.2) is 24.3 Å². The molecule has 0 saturated carbocycles. The van der Waals surface area contributed by atoms with E-state index in [0.29, 0.717) is 18.7 Å². The number of aromatic nitrogens is 3. The molecule has 9 heteroatoms. The standard InChI is InChI=1S/C22H28N6O3/c29-20(23-13-18-27-26-17-6-2-1-3-11-28(17)18)15-9-7-14(8-10-15)19-16-5-4-12-31-21(16)25-22(30)24-19/h7-10,16,19,21H,1-6,11-13H2,(H,23,29)(H2,24,25,30)/t16-,19-,21-/m0/s1. The average Bonchev–Trinajstić information content (AvgIpc) is 3.02. The lowest BCUT2D eigenvalue weighted by Crippen LogP contribution is -2.58. The fourth-order valence-corrected chi connectivity index (χ4v) is 4.82. The number of amides is 3. The summed E-state index contributed by atoms with van der Waals surface area (Å²) >= 11 is 0. The van der Waals surface area contributed by atoms with Gasteiger partial charge in [0.05, 0.1) is 12.6 Å². The van der Waals surface area contributed by atoms with Crippen molar-refractivity contribution in [3.63, 3.8) is 0 Å². The summed E-state index contributed by atoms with van der Waals surface area (Å²) in [5.41, 5.74) is 1.56. The van der Waals surface area contributed by atoms with Crippen LogP contribution in [0.1, 0.15) is 65.7 Å². The summed E-state index contributed by atoms with van der Waals surface area (Å²) < 4.78 is 7.87. The molecule has 31 heavy (non-hydrogen) atoms. The van der Waals surface area contributed by atoms with Gasteiger partial charge in [-0.3, -0.25) is 4.79 Å². The predicted octanol–water partition coefficient (Wildman–Crippen LogP) is 2.04. The largest absolute Gasteiger partial charge is 0.358 e. The minimum absolute atomic E-state index is 0.123. The molecule has 3 N–H and O–H groups in total. The molecule has 2 fully saturated rings. The van der Waals surface area contributed by atoms with Gasteiger partial charge in [-0.05, 0) is 43.4 Å². The van der Waals surface area contributed by atoms with Crippen LogP contribution < -0.4 is 16.0 Å². The normalized spacial score (nSPS) is 25.4. The van der Waals surface area contributed by atoms with Gasteiger partial charge in [0.2, 0.25) is 0 Å². The molecule has 4 heterocycles. The third-order valence-electron chi connectivity index (χ3n) is 6.48. The van der Waals surface area contributed by atoms with E-state index in [-0.39, 0.29) is 30.1 Å². The van der Waals surface area contributed by atoms with E-state index in [1.54, 1.807) is 0 Å². The molecule has 3 amide bonds. The molecule has 3 aliphatic rings. The van der Waals surface area contributed by atoms with Crippen LogP contribution in [0.3, 0.4) is 0 Å². The highest BCUT2D eigenvalue weighted by atomic mass is 16.5. The maximum atomic E-state index is 12.7. The minimum atomic E-state index is -0.256. The maximum Gasteiger partial charge on any atom is 0.317 e. The van der Waals surface area contributed by atoms with E-state index in [1.807, 2.05) is 24.3 Å². The van der Waals surface area contributed by atoms with Crippen molar-refractivity contribution in [1.82, 2.24) is 30.7 Å². The zero-order valence-electron chi connectivity index (χ0n) is 17.5. The van der Waals surface area contributed by atoms with E-state index in [9.17, 15) is 9.59 Å². The predicted molar refractivity (Wildman–Crippen MR) is 112 cm³/mol. The second kappa shape index (κ2) is 8.66. The molecule has 1 aromatic carbocycles. The Morgan fingerprint density at radius 3 is 2.87 bits per heavy atom. The number of hydrogen-bond donors (Lipinski definition) is 3. The van der Waals surface area contributed by atoms with E-state index < -0.39 is 0 Å². The number of urea groups is 1. The van der Waals surface area contributed by atoms with Crippen molar-refractivity contribution in [3.05, 3.63) is 47.0 Å². The molecule has 3 aliphatic heterocycles. The van der Waals surface area contributed by atoms with Gasteiger partial charge in [0.15, 0.2) is 5.82 Å². The zero-order valence-corrected chi connectivity index (χ0v) is 17.5. The number of aryl methyl sites for hydroxylation is 1. The molecule has 0 bridgehead atoms. The minimum Gasteiger partial charge on any atom is -0.358 e. The van der Waals surface area contributed by atoms with Crippen LogP contribution in [0.2, 0.25) is 0 Å². The van der Waals surface area contributed by atoms with Crippen molar-refractivity contribution < 1.29 is 14.3 Å². The van der Waals surface area contributed by atoms with Crippen LogP contribution in [0.5, 0.6) is 0 Å². The van der Waals surface area contributed by atoms with E-state index in [1.165, 1.54) is 6.42 Å². The number of carbonyl (C=O) groups is 2. The highest BCUT2D eigenvalue weighted by molar-refractivity contribution is 5.94. The van der Waals surface area contributed by atoms with Crippen molar-refractivity contribution in [2.75, 3.05) is 6.61 Å². The molecule has 2 aromatic rings. The number of rotatable bonds is 4. The lowest BCUT2D eigenvalue weighted by atomic mass is 9.85. The van der Waals surface area contributed by atoms with Crippen LogP contribution in [0.4, 0.5) is 4.79 Å². The van der Waals surface area contributed by atoms with Crippen LogP contribution in [0.25, 0.3) is 0 Å². The number of fused-ring (bicyclic) bond motifs is 2. The van der Waals surface area contributed by atoms with Gasteiger partial charge in [0.1, 0.15) is 12.1 Å². The van der Waals surface area contributed by atoms with Gasteiger partial charge in [-0.1, -0.05) is 18.6 Å². The first-order chi connectivity index (χ1) is 15.2. The lowest BCUT2D eigenvalue weighted by molar-refractivity contribution is -0.0602. The van der Waals surface area contributed by atoms with Crippen LogP contribution in [-0.2, 0) is 24.2 Å². The Bertz CT molecular complexity index is 957. The van der Waals surface area contributed by atoms with Gasteiger partial charge < -0.3 is 25.3 Å². The molecular weight excluding hydrogens is 396 g/mol. The van der Waals surface area contributed by atoms with Gasteiger partial charge in [-0.15, -0.1) is 10.2 Å². The van der Waals surface area contributed by atoms with E-state index in [2.05, 4.69) is 30.7 Å². The quantitative estimate of drug-likeness (QED) is 0.696. The Hall–Kier alpha value is -2.94. The molecule has 0 unspecified atom stereocenters. The first-order valence-electron chi connectivity index (χ1n) is 11.2. The topological polar surface area (TPSA) is 110 Å². The molecule has 164 valence electrons. The summed E-state index contributed by atoms with van der Waals surface area (Å²) in [6.07, 6.45) is 6.11. The summed E-state index contributed by atoms with van der Waals surface area (Å²) in [7, 11) is 0. The second-order valence-electron chi connectivity index (χ2n) is 8.49. The average molecular weight is 425 g/mol. The van der Waals surface area contributed by atoms with Gasteiger partial charge in [-0.25, -0.2) is 4.79 Å². The van der Waals surface area contributed by atoms with E-state index in [4.69, 9.17) is 4.74 Å². The Balaban J connectivity index is 1.24. The number of nitrogens with one attached hydrogen (secondary N) is 3. The summed E-state index contributed by atoms with van der Waals surface area (Å²) in [5, 5.41) is 17.4. The van der Waals surface area contributed by atoms with Crippen molar-refractivity contribution in [3.8, 4) is 0 Å². The second-order valence-corrected chi connectivity index (χ2v) is 8.49. The summed E-state index contributed by atoms with van der Waals surface area (Å²) in [6, 6.07) is 7.11. The first kappa shape index (κ1) is 20.0. The highest BCUT2D eigenvalue weighted by Crippen LogP contribution is 2.34. The smallest absolute Gasteiger partial charge is 0.317 e. The van der Waals surface area contributed by atoms with Crippen molar-refractivity contribution >= 4 is 11.9 Å². The number of nitrogens with zero attached hydrogens (tertiary/aromatic N) is 3. The van der Waals surface area contributed by atoms with Crippen LogP contribution in [0, 0.1) is 5.92 Å². The fraction of sp³-hybridized carbons (Fsp3) is 0.545. The first-order valence-corrected chi connectivity index (χ1v) is 11.2. The summed E-state index contributed by atoms with van der Waals surface area (Å²) in [5.74, 6) is 1.85. The monoisotopic (exact) mass is 424 g/mol. The van der Waals surface area contributed by atoms with E-state index >= 15 is 0 Å². The third kappa shape index (κ3) is 4.14. The summed E-state index contributed by atoms with van der Waals surface area (Å²) in [6.45, 7) is 1.94. The Morgan fingerprint density at radius 1 is 1.13 bits per heavy atom. The molecule has 9 nitrogen and oxygen atoms in total. The molecule has 3 atom stereocenters. The van der Waals surface area contributed by atoms with Crippen molar-refractivity contribution in [1.29, 1.82) is 0 Å². The number of benzene rings is 1. The third-order valence-corrected chi connectivity index (χ3v) is 6.48. The molecule has 1 aromatic heterocycles. The summed E-state index contributed by atoms with van der Waals surface area (Å²) in [4.78, 5) is 24.7. The fourth-order valence-electron chi connectivity index (χ4n) is 4.82. The van der Waals surface area contributed by atoms with Gasteiger partial charge in [0.25, 0.3) is 5.91 Å². The van der Waals surface area contributed by atoms with Crippen molar-refractivity contribution in [2.24, 2.45) is 5.92 Å². The molecule has 2 saturated heterocycles. The maximum absolute atomic E-state index is 12.7. The highest BCUT2D eigenvalue weighted by Gasteiger charge is 2.39.